The van der Waals surface area contributed by atoms with Gasteiger partial charge in [0.2, 0.25) is 5.91 Å². The molecule has 1 amide bonds. The van der Waals surface area contributed by atoms with Crippen LogP contribution in [0, 0.1) is 0 Å². The quantitative estimate of drug-likeness (QED) is 0.467. The zero-order chi connectivity index (χ0) is 17.4. The van der Waals surface area contributed by atoms with Crippen LogP contribution in [-0.4, -0.2) is 44.7 Å². The number of thiophene rings is 1. The van der Waals surface area contributed by atoms with Crippen LogP contribution in [-0.2, 0) is 22.4 Å². The number of hydrogen-bond acceptors (Lipinski definition) is 6. The number of amides is 1. The largest absolute Gasteiger partial charge is 0.462 e. The number of aryl methyl sites for hydroxylation is 1. The average molecular weight is 353 g/mol. The second kappa shape index (κ2) is 9.76. The maximum atomic E-state index is 12.3. The number of carbonyl (C=O) groups excluding carboxylic acids is 2. The molecule has 0 saturated carbocycles. The van der Waals surface area contributed by atoms with Crippen molar-refractivity contribution in [2.75, 3.05) is 38.1 Å². The monoisotopic (exact) mass is 353 g/mol. The molecule has 1 aromatic rings. The molecule has 6 nitrogen and oxygen atoms in total. The third-order valence-corrected chi connectivity index (χ3v) is 5.13. The third kappa shape index (κ3) is 5.03. The van der Waals surface area contributed by atoms with Crippen LogP contribution in [0.3, 0.4) is 0 Å². The molecular weight excluding hydrogens is 326 g/mol. The highest BCUT2D eigenvalue weighted by molar-refractivity contribution is 7.17. The summed E-state index contributed by atoms with van der Waals surface area (Å²) in [5.74, 6) is -0.456. The molecule has 24 heavy (non-hydrogen) atoms. The fraction of sp³-hybridized carbons (Fsp3) is 0.647. The van der Waals surface area contributed by atoms with Gasteiger partial charge >= 0.3 is 5.97 Å². The predicted octanol–water partition coefficient (Wildman–Crippen LogP) is 1.94. The van der Waals surface area contributed by atoms with Crippen LogP contribution in [0.4, 0.5) is 5.00 Å². The van der Waals surface area contributed by atoms with E-state index in [1.807, 2.05) is 6.92 Å². The lowest BCUT2D eigenvalue weighted by atomic mass is 9.95. The molecule has 1 aliphatic carbocycles. The van der Waals surface area contributed by atoms with E-state index < -0.39 is 0 Å². The Morgan fingerprint density at radius 1 is 1.12 bits per heavy atom. The number of nitrogens with one attached hydrogen (secondary N) is 3. The minimum Gasteiger partial charge on any atom is -0.462 e. The highest BCUT2D eigenvalue weighted by Crippen LogP contribution is 2.38. The van der Waals surface area contributed by atoms with Gasteiger partial charge in [0.25, 0.3) is 0 Å². The Bertz CT molecular complexity index is 572. The normalized spacial score (nSPS) is 13.4. The lowest BCUT2D eigenvalue weighted by molar-refractivity contribution is -0.115. The van der Waals surface area contributed by atoms with Crippen LogP contribution in [0.25, 0.3) is 0 Å². The van der Waals surface area contributed by atoms with Crippen LogP contribution < -0.4 is 16.0 Å². The van der Waals surface area contributed by atoms with Crippen molar-refractivity contribution >= 4 is 28.2 Å². The Hall–Kier alpha value is -1.44. The highest BCUT2D eigenvalue weighted by atomic mass is 32.1. The molecular formula is C17H27N3O3S. The van der Waals surface area contributed by atoms with Crippen LogP contribution in [0.5, 0.6) is 0 Å². The number of fused-ring (bicyclic) bond motifs is 1. The molecule has 7 heteroatoms. The van der Waals surface area contributed by atoms with E-state index in [4.69, 9.17) is 4.74 Å². The Labute approximate surface area is 147 Å². The van der Waals surface area contributed by atoms with Gasteiger partial charge in [-0.05, 0) is 44.7 Å². The second-order valence-electron chi connectivity index (χ2n) is 5.71. The lowest BCUT2D eigenvalue weighted by Crippen LogP contribution is -2.33. The summed E-state index contributed by atoms with van der Waals surface area (Å²) in [6, 6.07) is 0. The third-order valence-electron chi connectivity index (χ3n) is 3.92. The number of ether oxygens (including phenoxy) is 1. The van der Waals surface area contributed by atoms with E-state index in [9.17, 15) is 9.59 Å². The van der Waals surface area contributed by atoms with Gasteiger partial charge in [0.05, 0.1) is 18.7 Å². The van der Waals surface area contributed by atoms with Crippen molar-refractivity contribution in [3.63, 3.8) is 0 Å². The Balaban J connectivity index is 2.02. The molecule has 0 fully saturated rings. The van der Waals surface area contributed by atoms with Crippen molar-refractivity contribution < 1.29 is 14.3 Å². The fourth-order valence-corrected chi connectivity index (χ4v) is 4.09. The van der Waals surface area contributed by atoms with Crippen LogP contribution in [0.2, 0.25) is 0 Å². The van der Waals surface area contributed by atoms with Crippen molar-refractivity contribution in [2.45, 2.75) is 39.5 Å². The Kier molecular flexibility index (Phi) is 7.68. The van der Waals surface area contributed by atoms with E-state index in [0.717, 1.165) is 50.9 Å². The van der Waals surface area contributed by atoms with Crippen LogP contribution >= 0.6 is 11.3 Å². The van der Waals surface area contributed by atoms with Crippen molar-refractivity contribution in [1.82, 2.24) is 10.6 Å². The number of anilines is 1. The smallest absolute Gasteiger partial charge is 0.341 e. The predicted molar refractivity (Wildman–Crippen MR) is 97.0 cm³/mol. The highest BCUT2D eigenvalue weighted by Gasteiger charge is 2.27. The van der Waals surface area contributed by atoms with E-state index in [1.165, 1.54) is 16.2 Å². The topological polar surface area (TPSA) is 79.5 Å². The first kappa shape index (κ1) is 18.9. The van der Waals surface area contributed by atoms with E-state index in [1.54, 1.807) is 6.92 Å². The molecule has 2 rings (SSSR count). The molecule has 0 aliphatic heterocycles. The Morgan fingerprint density at radius 2 is 1.88 bits per heavy atom. The van der Waals surface area contributed by atoms with Crippen molar-refractivity contribution in [1.29, 1.82) is 0 Å². The summed E-state index contributed by atoms with van der Waals surface area (Å²) in [4.78, 5) is 25.7. The summed E-state index contributed by atoms with van der Waals surface area (Å²) in [6.45, 7) is 6.88. The number of esters is 1. The van der Waals surface area contributed by atoms with Gasteiger partial charge in [-0.15, -0.1) is 11.3 Å². The summed E-state index contributed by atoms with van der Waals surface area (Å²) in [6.07, 6.45) is 4.07. The Morgan fingerprint density at radius 3 is 2.62 bits per heavy atom. The number of rotatable bonds is 9. The van der Waals surface area contributed by atoms with Crippen LogP contribution in [0.1, 0.15) is 47.5 Å². The molecule has 1 aliphatic rings. The van der Waals surface area contributed by atoms with Crippen molar-refractivity contribution in [2.24, 2.45) is 0 Å². The molecule has 134 valence electrons. The van der Waals surface area contributed by atoms with Crippen molar-refractivity contribution in [3.8, 4) is 0 Å². The average Bonchev–Trinajstić information content (AvgIpc) is 2.92. The van der Waals surface area contributed by atoms with Crippen LogP contribution in [0.15, 0.2) is 0 Å². The molecule has 0 unspecified atom stereocenters. The summed E-state index contributed by atoms with van der Waals surface area (Å²) < 4.78 is 5.19. The number of hydrogen-bond donors (Lipinski definition) is 3. The summed E-state index contributed by atoms with van der Waals surface area (Å²) in [7, 11) is 0. The standard InChI is InChI=1S/C17H27N3O3S/c1-3-18-9-10-19-11-14(21)20-16-15(17(22)23-4-2)12-7-5-6-8-13(12)24-16/h18-19H,3-11H2,1-2H3,(H,20,21). The molecule has 0 atom stereocenters. The SMILES string of the molecule is CCNCCNCC(=O)Nc1sc2c(c1C(=O)OCC)CCCC2. The summed E-state index contributed by atoms with van der Waals surface area (Å²) in [5, 5.41) is 9.81. The molecule has 1 aromatic heterocycles. The fourth-order valence-electron chi connectivity index (χ4n) is 2.80. The van der Waals surface area contributed by atoms with Gasteiger partial charge in [-0.2, -0.15) is 0 Å². The van der Waals surface area contributed by atoms with Gasteiger partial charge in [0, 0.05) is 18.0 Å². The van der Waals surface area contributed by atoms with Gasteiger partial charge in [-0.3, -0.25) is 4.79 Å². The van der Waals surface area contributed by atoms with Gasteiger partial charge in [-0.1, -0.05) is 6.92 Å². The molecule has 0 saturated heterocycles. The minimum absolute atomic E-state index is 0.129. The zero-order valence-corrected chi connectivity index (χ0v) is 15.3. The molecule has 1 heterocycles. The molecule has 0 bridgehead atoms. The molecule has 0 aromatic carbocycles. The molecule has 0 radical (unpaired) electrons. The van der Waals surface area contributed by atoms with E-state index in [0.29, 0.717) is 17.2 Å². The summed E-state index contributed by atoms with van der Waals surface area (Å²) >= 11 is 1.52. The van der Waals surface area contributed by atoms with Crippen molar-refractivity contribution in [3.05, 3.63) is 16.0 Å². The second-order valence-corrected chi connectivity index (χ2v) is 6.82. The van der Waals surface area contributed by atoms with E-state index in [2.05, 4.69) is 16.0 Å². The van der Waals surface area contributed by atoms with Gasteiger partial charge in [-0.25, -0.2) is 4.79 Å². The first-order valence-electron chi connectivity index (χ1n) is 8.70. The van der Waals surface area contributed by atoms with Gasteiger partial charge < -0.3 is 20.7 Å². The number of carbonyl (C=O) groups is 2. The van der Waals surface area contributed by atoms with E-state index >= 15 is 0 Å². The van der Waals surface area contributed by atoms with Gasteiger partial charge in [0.1, 0.15) is 5.00 Å². The van der Waals surface area contributed by atoms with Gasteiger partial charge in [0.15, 0.2) is 0 Å². The maximum absolute atomic E-state index is 12.3. The summed E-state index contributed by atoms with van der Waals surface area (Å²) in [5.41, 5.74) is 1.64. The number of likely N-dealkylation sites (N-methyl/N-ethyl adjacent to an activating group) is 1. The van der Waals surface area contributed by atoms with E-state index in [-0.39, 0.29) is 18.4 Å². The maximum Gasteiger partial charge on any atom is 0.341 e. The minimum atomic E-state index is -0.327. The molecule has 3 N–H and O–H groups in total. The molecule has 0 spiro atoms. The lowest BCUT2D eigenvalue weighted by Gasteiger charge is -2.12. The first-order valence-corrected chi connectivity index (χ1v) is 9.51. The zero-order valence-electron chi connectivity index (χ0n) is 14.5. The first-order chi connectivity index (χ1) is 11.7.